The van der Waals surface area contributed by atoms with Gasteiger partial charge in [0.2, 0.25) is 0 Å². The number of nitrogens with one attached hydrogen (secondary N) is 1. The van der Waals surface area contributed by atoms with E-state index in [-0.39, 0.29) is 5.75 Å². The fourth-order valence-corrected chi connectivity index (χ4v) is 1.61. The highest BCUT2D eigenvalue weighted by Crippen LogP contribution is 2.38. The lowest BCUT2D eigenvalue weighted by Gasteiger charge is -2.05. The number of aromatic nitrogens is 2. The number of phenolic OH excluding ortho intramolecular Hbond substituents is 1. The van der Waals surface area contributed by atoms with E-state index < -0.39 is 0 Å². The number of benzene rings is 1. The van der Waals surface area contributed by atoms with E-state index in [9.17, 15) is 5.11 Å². The summed E-state index contributed by atoms with van der Waals surface area (Å²) in [6, 6.07) is 4.74. The molecule has 1 aromatic heterocycles. The van der Waals surface area contributed by atoms with Gasteiger partial charge in [-0.05, 0) is 18.2 Å². The van der Waals surface area contributed by atoms with Gasteiger partial charge in [0.15, 0.2) is 0 Å². The second-order valence-corrected chi connectivity index (χ2v) is 3.51. The molecule has 0 saturated heterocycles. The summed E-state index contributed by atoms with van der Waals surface area (Å²) in [5, 5.41) is 16.8. The first-order valence-corrected chi connectivity index (χ1v) is 4.62. The van der Waals surface area contributed by atoms with Gasteiger partial charge in [0.25, 0.3) is 0 Å². The van der Waals surface area contributed by atoms with Crippen molar-refractivity contribution in [3.63, 3.8) is 0 Å². The van der Waals surface area contributed by atoms with Crippen molar-refractivity contribution >= 4 is 23.2 Å². The van der Waals surface area contributed by atoms with Crippen LogP contribution in [-0.2, 0) is 0 Å². The number of nitrogens with zero attached hydrogens (tertiary/aromatic N) is 1. The molecule has 0 aliphatic carbocycles. The zero-order valence-corrected chi connectivity index (χ0v) is 8.47. The molecular weight excluding hydrogens is 223 g/mol. The molecule has 2 rings (SSSR count). The molecule has 0 spiro atoms. The fraction of sp³-hybridized carbons (Fsp3) is 0. The van der Waals surface area contributed by atoms with E-state index in [0.717, 1.165) is 0 Å². The predicted octanol–water partition coefficient (Wildman–Crippen LogP) is 3.09. The minimum atomic E-state index is 0.0728. The Morgan fingerprint density at radius 2 is 2.00 bits per heavy atom. The normalized spacial score (nSPS) is 10.4. The molecule has 0 fully saturated rings. The van der Waals surface area contributed by atoms with E-state index >= 15 is 0 Å². The maximum absolute atomic E-state index is 9.60. The third kappa shape index (κ3) is 1.45. The van der Waals surface area contributed by atoms with Gasteiger partial charge < -0.3 is 5.11 Å². The van der Waals surface area contributed by atoms with Crippen molar-refractivity contribution in [3.05, 3.63) is 34.4 Å². The third-order valence-electron chi connectivity index (χ3n) is 1.84. The Morgan fingerprint density at radius 3 is 2.64 bits per heavy atom. The topological polar surface area (TPSA) is 48.9 Å². The van der Waals surface area contributed by atoms with Gasteiger partial charge in [0, 0.05) is 6.20 Å². The highest BCUT2D eigenvalue weighted by Gasteiger charge is 2.12. The minimum Gasteiger partial charge on any atom is -0.507 e. The lowest BCUT2D eigenvalue weighted by molar-refractivity contribution is 0.477. The van der Waals surface area contributed by atoms with Gasteiger partial charge in [-0.25, -0.2) is 0 Å². The molecular formula is C9H6Cl2N2O. The quantitative estimate of drug-likeness (QED) is 0.789. The van der Waals surface area contributed by atoms with Crippen LogP contribution in [0.25, 0.3) is 11.3 Å². The van der Waals surface area contributed by atoms with Crippen LogP contribution in [0.2, 0.25) is 10.0 Å². The summed E-state index contributed by atoms with van der Waals surface area (Å²) in [6.07, 6.45) is 1.58. The van der Waals surface area contributed by atoms with Gasteiger partial charge in [0.05, 0.1) is 21.3 Å². The molecule has 3 nitrogen and oxygen atoms in total. The molecule has 1 heterocycles. The summed E-state index contributed by atoms with van der Waals surface area (Å²) >= 11 is 11.8. The van der Waals surface area contributed by atoms with Crippen molar-refractivity contribution in [2.75, 3.05) is 0 Å². The molecule has 0 atom stereocenters. The Kier molecular flexibility index (Phi) is 2.35. The summed E-state index contributed by atoms with van der Waals surface area (Å²) in [4.78, 5) is 0. The molecule has 0 aliphatic heterocycles. The van der Waals surface area contributed by atoms with Crippen LogP contribution < -0.4 is 0 Å². The first kappa shape index (κ1) is 9.37. The molecule has 14 heavy (non-hydrogen) atoms. The average molecular weight is 229 g/mol. The Bertz CT molecular complexity index is 454. The van der Waals surface area contributed by atoms with Crippen molar-refractivity contribution in [3.8, 4) is 17.0 Å². The predicted molar refractivity (Wildman–Crippen MR) is 55.7 cm³/mol. The smallest absolute Gasteiger partial charge is 0.126 e. The standard InChI is InChI=1S/C9H6Cl2N2O/c10-5-1-2-7(14)8(9(5)11)6-3-4-12-13-6/h1-4,14H,(H,12,13). The summed E-state index contributed by atoms with van der Waals surface area (Å²) in [5.41, 5.74) is 1.10. The molecule has 0 aliphatic rings. The Hall–Kier alpha value is -1.19. The third-order valence-corrected chi connectivity index (χ3v) is 2.65. The maximum Gasteiger partial charge on any atom is 0.126 e. The van der Waals surface area contributed by atoms with Crippen LogP contribution in [0.3, 0.4) is 0 Å². The maximum atomic E-state index is 9.60. The second-order valence-electron chi connectivity index (χ2n) is 2.73. The zero-order valence-electron chi connectivity index (χ0n) is 6.96. The van der Waals surface area contributed by atoms with Crippen LogP contribution >= 0.6 is 23.2 Å². The van der Waals surface area contributed by atoms with Crippen molar-refractivity contribution in [1.82, 2.24) is 10.2 Å². The molecule has 0 amide bonds. The number of hydrogen-bond acceptors (Lipinski definition) is 2. The number of H-pyrrole nitrogens is 1. The average Bonchev–Trinajstić information content (AvgIpc) is 2.65. The number of hydrogen-bond donors (Lipinski definition) is 2. The van der Waals surface area contributed by atoms with Gasteiger partial charge in [-0.2, -0.15) is 5.10 Å². The highest BCUT2D eigenvalue weighted by atomic mass is 35.5. The molecule has 0 saturated carbocycles. The largest absolute Gasteiger partial charge is 0.507 e. The van der Waals surface area contributed by atoms with Crippen molar-refractivity contribution < 1.29 is 5.11 Å². The number of aromatic amines is 1. The number of halogens is 2. The van der Waals surface area contributed by atoms with E-state index in [2.05, 4.69) is 10.2 Å². The Balaban J connectivity index is 2.69. The minimum absolute atomic E-state index is 0.0728. The summed E-state index contributed by atoms with van der Waals surface area (Å²) in [6.45, 7) is 0. The van der Waals surface area contributed by atoms with Crippen LogP contribution in [0.15, 0.2) is 24.4 Å². The first-order valence-electron chi connectivity index (χ1n) is 3.87. The number of rotatable bonds is 1. The number of aromatic hydroxyl groups is 1. The molecule has 2 aromatic rings. The van der Waals surface area contributed by atoms with Gasteiger partial charge in [-0.15, -0.1) is 0 Å². The van der Waals surface area contributed by atoms with Crippen LogP contribution in [0.5, 0.6) is 5.75 Å². The monoisotopic (exact) mass is 228 g/mol. The van der Waals surface area contributed by atoms with E-state index in [1.807, 2.05) is 0 Å². The van der Waals surface area contributed by atoms with Crippen LogP contribution in [-0.4, -0.2) is 15.3 Å². The Morgan fingerprint density at radius 1 is 1.21 bits per heavy atom. The van der Waals surface area contributed by atoms with Crippen molar-refractivity contribution in [2.24, 2.45) is 0 Å². The molecule has 0 unspecified atom stereocenters. The SMILES string of the molecule is Oc1ccc(Cl)c(Cl)c1-c1ccn[nH]1. The summed E-state index contributed by atoms with van der Waals surface area (Å²) in [5.74, 6) is 0.0728. The number of phenols is 1. The summed E-state index contributed by atoms with van der Waals surface area (Å²) in [7, 11) is 0. The van der Waals surface area contributed by atoms with Gasteiger partial charge in [-0.1, -0.05) is 23.2 Å². The van der Waals surface area contributed by atoms with Gasteiger partial charge in [0.1, 0.15) is 5.75 Å². The Labute approximate surface area is 90.3 Å². The molecule has 0 bridgehead atoms. The zero-order chi connectivity index (χ0) is 10.1. The van der Waals surface area contributed by atoms with Crippen LogP contribution in [0, 0.1) is 0 Å². The van der Waals surface area contributed by atoms with E-state index in [4.69, 9.17) is 23.2 Å². The second kappa shape index (κ2) is 3.52. The van der Waals surface area contributed by atoms with Crippen molar-refractivity contribution in [2.45, 2.75) is 0 Å². The molecule has 1 aromatic carbocycles. The van der Waals surface area contributed by atoms with E-state index in [1.165, 1.54) is 6.07 Å². The summed E-state index contributed by atoms with van der Waals surface area (Å²) < 4.78 is 0. The van der Waals surface area contributed by atoms with Crippen LogP contribution in [0.1, 0.15) is 0 Å². The van der Waals surface area contributed by atoms with E-state index in [1.54, 1.807) is 18.3 Å². The molecule has 0 radical (unpaired) electrons. The van der Waals surface area contributed by atoms with Gasteiger partial charge >= 0.3 is 0 Å². The fourth-order valence-electron chi connectivity index (χ4n) is 1.19. The lowest BCUT2D eigenvalue weighted by atomic mass is 10.1. The molecule has 5 heteroatoms. The lowest BCUT2D eigenvalue weighted by Crippen LogP contribution is -1.82. The first-order chi connectivity index (χ1) is 6.70. The molecule has 72 valence electrons. The molecule has 2 N–H and O–H groups in total. The van der Waals surface area contributed by atoms with E-state index in [0.29, 0.717) is 21.3 Å². The van der Waals surface area contributed by atoms with Crippen LogP contribution in [0.4, 0.5) is 0 Å². The van der Waals surface area contributed by atoms with Crippen molar-refractivity contribution in [1.29, 1.82) is 0 Å². The van der Waals surface area contributed by atoms with Gasteiger partial charge in [-0.3, -0.25) is 5.10 Å². The highest BCUT2D eigenvalue weighted by molar-refractivity contribution is 6.43.